The Bertz CT molecular complexity index is 754. The molecule has 0 bridgehead atoms. The van der Waals surface area contributed by atoms with E-state index in [-0.39, 0.29) is 12.4 Å². The van der Waals surface area contributed by atoms with Crippen LogP contribution < -0.4 is 5.32 Å². The maximum Gasteiger partial charge on any atom is 0.316 e. The normalized spacial score (nSPS) is 10.3. The highest BCUT2D eigenvalue weighted by Gasteiger charge is 2.10. The van der Waals surface area contributed by atoms with Crippen LogP contribution in [0.3, 0.4) is 0 Å². The molecule has 0 saturated heterocycles. The summed E-state index contributed by atoms with van der Waals surface area (Å²) in [5.41, 5.74) is 1.65. The van der Waals surface area contributed by atoms with Crippen molar-refractivity contribution in [3.63, 3.8) is 0 Å². The molecule has 0 fully saturated rings. The lowest BCUT2D eigenvalue weighted by atomic mass is 10.2. The van der Waals surface area contributed by atoms with Crippen molar-refractivity contribution in [3.8, 4) is 0 Å². The quantitative estimate of drug-likeness (QED) is 0.572. The minimum absolute atomic E-state index is 0.0652. The van der Waals surface area contributed by atoms with Gasteiger partial charge in [0.2, 0.25) is 0 Å². The van der Waals surface area contributed by atoms with Crippen molar-refractivity contribution >= 4 is 45.3 Å². The van der Waals surface area contributed by atoms with E-state index in [1.807, 2.05) is 13.0 Å². The molecule has 2 aromatic carbocycles. The van der Waals surface area contributed by atoms with Crippen molar-refractivity contribution in [2.75, 3.05) is 17.7 Å². The SMILES string of the molecule is Cc1ccc(NC(=O)COC(=O)CSc2ccccc2F)cc1Br. The average Bonchev–Trinajstić information content (AvgIpc) is 2.55. The Morgan fingerprint density at radius 1 is 1.25 bits per heavy atom. The Balaban J connectivity index is 1.76. The fourth-order valence-electron chi connectivity index (χ4n) is 1.75. The van der Waals surface area contributed by atoms with E-state index in [9.17, 15) is 14.0 Å². The number of esters is 1. The zero-order chi connectivity index (χ0) is 17.5. The molecular weight excluding hydrogens is 397 g/mol. The van der Waals surface area contributed by atoms with Crippen LogP contribution in [0.15, 0.2) is 51.8 Å². The largest absolute Gasteiger partial charge is 0.455 e. The van der Waals surface area contributed by atoms with Crippen molar-refractivity contribution in [1.29, 1.82) is 0 Å². The van der Waals surface area contributed by atoms with Gasteiger partial charge in [0.05, 0.1) is 5.75 Å². The zero-order valence-electron chi connectivity index (χ0n) is 12.8. The maximum atomic E-state index is 13.4. The second-order valence-electron chi connectivity index (χ2n) is 4.89. The number of benzene rings is 2. The number of rotatable bonds is 6. The van der Waals surface area contributed by atoms with Crippen LogP contribution in [0.1, 0.15) is 5.56 Å². The predicted octanol–water partition coefficient (Wildman–Crippen LogP) is 4.17. The molecule has 0 spiro atoms. The number of amides is 1. The summed E-state index contributed by atoms with van der Waals surface area (Å²) in [5.74, 6) is -1.47. The zero-order valence-corrected chi connectivity index (χ0v) is 15.2. The lowest BCUT2D eigenvalue weighted by Crippen LogP contribution is -2.21. The maximum absolute atomic E-state index is 13.4. The van der Waals surface area contributed by atoms with Gasteiger partial charge in [0.25, 0.3) is 5.91 Å². The van der Waals surface area contributed by atoms with Crippen molar-refractivity contribution in [1.82, 2.24) is 0 Å². The number of thioether (sulfide) groups is 1. The van der Waals surface area contributed by atoms with E-state index >= 15 is 0 Å². The molecule has 0 atom stereocenters. The average molecular weight is 412 g/mol. The number of nitrogens with one attached hydrogen (secondary N) is 1. The highest BCUT2D eigenvalue weighted by molar-refractivity contribution is 9.10. The van der Waals surface area contributed by atoms with Gasteiger partial charge in [-0.15, -0.1) is 11.8 Å². The van der Waals surface area contributed by atoms with E-state index in [0.29, 0.717) is 10.6 Å². The first kappa shape index (κ1) is 18.5. The Morgan fingerprint density at radius 3 is 2.71 bits per heavy atom. The number of anilines is 1. The summed E-state index contributed by atoms with van der Waals surface area (Å²) >= 11 is 4.40. The molecule has 0 radical (unpaired) electrons. The van der Waals surface area contributed by atoms with Gasteiger partial charge in [-0.3, -0.25) is 9.59 Å². The van der Waals surface area contributed by atoms with Gasteiger partial charge in [-0.25, -0.2) is 4.39 Å². The topological polar surface area (TPSA) is 55.4 Å². The number of hydrogen-bond donors (Lipinski definition) is 1. The number of carbonyl (C=O) groups excluding carboxylic acids is 2. The van der Waals surface area contributed by atoms with E-state index in [2.05, 4.69) is 21.2 Å². The smallest absolute Gasteiger partial charge is 0.316 e. The summed E-state index contributed by atoms with van der Waals surface area (Å²) in [6, 6.07) is 11.5. The summed E-state index contributed by atoms with van der Waals surface area (Å²) < 4.78 is 19.2. The Hall–Kier alpha value is -1.86. The molecule has 0 aliphatic carbocycles. The molecule has 0 aromatic heterocycles. The van der Waals surface area contributed by atoms with E-state index < -0.39 is 17.7 Å². The van der Waals surface area contributed by atoms with Crippen LogP contribution in [0.2, 0.25) is 0 Å². The Morgan fingerprint density at radius 2 is 2.00 bits per heavy atom. The van der Waals surface area contributed by atoms with E-state index in [1.54, 1.807) is 30.3 Å². The molecule has 0 heterocycles. The van der Waals surface area contributed by atoms with Gasteiger partial charge < -0.3 is 10.1 Å². The third-order valence-corrected chi connectivity index (χ3v) is 4.88. The fourth-order valence-corrected chi connectivity index (χ4v) is 2.87. The van der Waals surface area contributed by atoms with Gasteiger partial charge in [0, 0.05) is 15.1 Å². The lowest BCUT2D eigenvalue weighted by molar-refractivity contribution is -0.144. The Labute approximate surface area is 151 Å². The third kappa shape index (κ3) is 5.65. The second kappa shape index (κ2) is 8.84. The molecule has 1 amide bonds. The van der Waals surface area contributed by atoms with Gasteiger partial charge in [0.1, 0.15) is 5.82 Å². The van der Waals surface area contributed by atoms with E-state index in [1.165, 1.54) is 6.07 Å². The van der Waals surface area contributed by atoms with Crippen molar-refractivity contribution in [2.45, 2.75) is 11.8 Å². The van der Waals surface area contributed by atoms with Gasteiger partial charge in [-0.1, -0.05) is 34.1 Å². The summed E-state index contributed by atoms with van der Waals surface area (Å²) in [7, 11) is 0. The molecule has 1 N–H and O–H groups in total. The molecule has 0 aliphatic rings. The van der Waals surface area contributed by atoms with Crippen LogP contribution in [0.4, 0.5) is 10.1 Å². The minimum atomic E-state index is -0.580. The molecule has 2 rings (SSSR count). The van der Waals surface area contributed by atoms with Gasteiger partial charge in [-0.05, 0) is 36.8 Å². The summed E-state index contributed by atoms with van der Waals surface area (Å²) in [4.78, 5) is 23.8. The molecular formula is C17H15BrFNO3S. The molecule has 0 aliphatic heterocycles. The molecule has 0 unspecified atom stereocenters. The first-order valence-electron chi connectivity index (χ1n) is 7.04. The first-order valence-corrected chi connectivity index (χ1v) is 8.82. The lowest BCUT2D eigenvalue weighted by Gasteiger charge is -2.08. The first-order chi connectivity index (χ1) is 11.5. The summed E-state index contributed by atoms with van der Waals surface area (Å²) in [5, 5.41) is 2.64. The molecule has 126 valence electrons. The van der Waals surface area contributed by atoms with Crippen molar-refractivity contribution < 1.29 is 18.7 Å². The van der Waals surface area contributed by atoms with Crippen LogP contribution in [0, 0.1) is 12.7 Å². The second-order valence-corrected chi connectivity index (χ2v) is 6.76. The molecule has 24 heavy (non-hydrogen) atoms. The van der Waals surface area contributed by atoms with E-state index in [4.69, 9.17) is 4.74 Å². The number of aryl methyl sites for hydroxylation is 1. The standard InChI is InChI=1S/C17H15BrFNO3S/c1-11-6-7-12(8-13(11)18)20-16(21)9-23-17(22)10-24-15-5-3-2-4-14(15)19/h2-8H,9-10H2,1H3,(H,20,21). The van der Waals surface area contributed by atoms with Crippen LogP contribution in [-0.4, -0.2) is 24.2 Å². The monoisotopic (exact) mass is 411 g/mol. The predicted molar refractivity (Wildman–Crippen MR) is 95.6 cm³/mol. The number of halogens is 2. The van der Waals surface area contributed by atoms with Crippen LogP contribution >= 0.6 is 27.7 Å². The molecule has 4 nitrogen and oxygen atoms in total. The number of hydrogen-bond acceptors (Lipinski definition) is 4. The molecule has 2 aromatic rings. The highest BCUT2D eigenvalue weighted by atomic mass is 79.9. The summed E-state index contributed by atoms with van der Waals surface area (Å²) in [6.07, 6.45) is 0. The number of ether oxygens (including phenoxy) is 1. The van der Waals surface area contributed by atoms with Gasteiger partial charge >= 0.3 is 5.97 Å². The highest BCUT2D eigenvalue weighted by Crippen LogP contribution is 2.21. The van der Waals surface area contributed by atoms with Gasteiger partial charge in [0.15, 0.2) is 6.61 Å². The molecule has 0 saturated carbocycles. The third-order valence-electron chi connectivity index (χ3n) is 3.00. The Kier molecular flexibility index (Phi) is 6.81. The summed E-state index contributed by atoms with van der Waals surface area (Å²) in [6.45, 7) is 1.55. The van der Waals surface area contributed by atoms with Crippen LogP contribution in [-0.2, 0) is 14.3 Å². The van der Waals surface area contributed by atoms with E-state index in [0.717, 1.165) is 21.8 Å². The van der Waals surface area contributed by atoms with Crippen LogP contribution in [0.25, 0.3) is 0 Å². The van der Waals surface area contributed by atoms with Crippen molar-refractivity contribution in [3.05, 3.63) is 58.3 Å². The minimum Gasteiger partial charge on any atom is -0.455 e. The molecule has 7 heteroatoms. The number of carbonyl (C=O) groups is 2. The van der Waals surface area contributed by atoms with Crippen LogP contribution in [0.5, 0.6) is 0 Å². The van der Waals surface area contributed by atoms with Crippen molar-refractivity contribution in [2.24, 2.45) is 0 Å². The van der Waals surface area contributed by atoms with Gasteiger partial charge in [-0.2, -0.15) is 0 Å². The fraction of sp³-hybridized carbons (Fsp3) is 0.176.